The second kappa shape index (κ2) is 6.56. The molecule has 0 saturated heterocycles. The van der Waals surface area contributed by atoms with Crippen LogP contribution in [-0.4, -0.2) is 24.3 Å². The maximum Gasteiger partial charge on any atom is 0.234 e. The molecule has 0 heterocycles. The molecule has 0 aromatic heterocycles. The summed E-state index contributed by atoms with van der Waals surface area (Å²) in [5.74, 6) is 0.230. The topological polar surface area (TPSA) is 72.2 Å². The van der Waals surface area contributed by atoms with Crippen LogP contribution in [0.3, 0.4) is 0 Å². The second-order valence-corrected chi connectivity index (χ2v) is 4.56. The number of nitrogens with two attached hydrogens (primary N) is 1. The Labute approximate surface area is 91.6 Å². The number of nitrogens with one attached hydrogen (secondary N) is 1. The van der Waals surface area contributed by atoms with Crippen molar-refractivity contribution in [3.05, 3.63) is 0 Å². The summed E-state index contributed by atoms with van der Waals surface area (Å²) < 4.78 is 0. The van der Waals surface area contributed by atoms with E-state index in [4.69, 9.17) is 5.73 Å². The molecule has 4 heteroatoms. The monoisotopic (exact) mass is 214 g/mol. The van der Waals surface area contributed by atoms with Crippen LogP contribution in [0.15, 0.2) is 0 Å². The minimum atomic E-state index is -0.400. The zero-order valence-corrected chi connectivity index (χ0v) is 10.0. The number of amides is 1. The zero-order chi connectivity index (χ0) is 12.0. The predicted octanol–water partition coefficient (Wildman–Crippen LogP) is 0.701. The third-order valence-corrected chi connectivity index (χ3v) is 2.12. The van der Waals surface area contributed by atoms with E-state index in [1.165, 1.54) is 0 Å². The van der Waals surface area contributed by atoms with Crippen molar-refractivity contribution in [2.75, 3.05) is 6.54 Å². The van der Waals surface area contributed by atoms with Crippen LogP contribution in [0.4, 0.5) is 0 Å². The molecule has 88 valence electrons. The average molecular weight is 214 g/mol. The molecule has 1 amide bonds. The summed E-state index contributed by atoms with van der Waals surface area (Å²) in [5, 5.41) is 2.66. The van der Waals surface area contributed by atoms with Gasteiger partial charge in [-0.2, -0.15) is 0 Å². The Hall–Kier alpha value is -0.900. The van der Waals surface area contributed by atoms with Crippen LogP contribution in [0.2, 0.25) is 0 Å². The van der Waals surface area contributed by atoms with Gasteiger partial charge in [-0.25, -0.2) is 0 Å². The lowest BCUT2D eigenvalue weighted by Gasteiger charge is -2.21. The molecule has 0 fully saturated rings. The normalized spacial score (nSPS) is 13.0. The van der Waals surface area contributed by atoms with E-state index in [9.17, 15) is 9.59 Å². The molecule has 0 aliphatic rings. The summed E-state index contributed by atoms with van der Waals surface area (Å²) in [4.78, 5) is 22.9. The van der Waals surface area contributed by atoms with E-state index in [-0.39, 0.29) is 24.2 Å². The Morgan fingerprint density at radius 3 is 2.07 bits per heavy atom. The lowest BCUT2D eigenvalue weighted by Crippen LogP contribution is -2.46. The van der Waals surface area contributed by atoms with Gasteiger partial charge in [0.25, 0.3) is 0 Å². The van der Waals surface area contributed by atoms with Gasteiger partial charge in [0.15, 0.2) is 5.78 Å². The maximum atomic E-state index is 11.8. The molecule has 0 spiro atoms. The number of ketones is 1. The van der Waals surface area contributed by atoms with Gasteiger partial charge in [-0.05, 0) is 11.8 Å². The van der Waals surface area contributed by atoms with Crippen molar-refractivity contribution in [2.24, 2.45) is 17.6 Å². The van der Waals surface area contributed by atoms with Crippen molar-refractivity contribution < 1.29 is 9.59 Å². The lowest BCUT2D eigenvalue weighted by atomic mass is 9.94. The number of rotatable bonds is 6. The number of carbonyl (C=O) groups excluding carboxylic acids is 2. The highest BCUT2D eigenvalue weighted by Crippen LogP contribution is 2.09. The summed E-state index contributed by atoms with van der Waals surface area (Å²) >= 11 is 0. The molecular formula is C11H22N2O2. The van der Waals surface area contributed by atoms with E-state index in [1.54, 1.807) is 0 Å². The van der Waals surface area contributed by atoms with E-state index in [0.717, 1.165) is 0 Å². The predicted molar refractivity (Wildman–Crippen MR) is 60.3 cm³/mol. The van der Waals surface area contributed by atoms with Crippen LogP contribution in [0.5, 0.6) is 0 Å². The van der Waals surface area contributed by atoms with Gasteiger partial charge in [0, 0.05) is 6.42 Å². The molecule has 4 nitrogen and oxygen atoms in total. The molecule has 0 bridgehead atoms. The van der Waals surface area contributed by atoms with Crippen molar-refractivity contribution in [2.45, 2.75) is 40.2 Å². The zero-order valence-electron chi connectivity index (χ0n) is 10.0. The first-order valence-electron chi connectivity index (χ1n) is 5.40. The standard InChI is InChI=1S/C11H22N2O2/c1-7(2)5-9(14)11(8(3)4)13-10(15)6-12/h7-8,11H,5-6,12H2,1-4H3,(H,13,15). The number of hydrogen-bond donors (Lipinski definition) is 2. The van der Waals surface area contributed by atoms with E-state index >= 15 is 0 Å². The number of carbonyl (C=O) groups is 2. The first-order chi connectivity index (χ1) is 6.88. The molecule has 0 aromatic carbocycles. The molecule has 1 atom stereocenters. The Balaban J connectivity index is 4.39. The van der Waals surface area contributed by atoms with Gasteiger partial charge < -0.3 is 11.1 Å². The molecule has 15 heavy (non-hydrogen) atoms. The first kappa shape index (κ1) is 14.1. The third kappa shape index (κ3) is 5.52. The number of hydrogen-bond acceptors (Lipinski definition) is 3. The van der Waals surface area contributed by atoms with Crippen LogP contribution >= 0.6 is 0 Å². The summed E-state index contributed by atoms with van der Waals surface area (Å²) in [5.41, 5.74) is 5.20. The van der Waals surface area contributed by atoms with E-state index < -0.39 is 6.04 Å². The summed E-state index contributed by atoms with van der Waals surface area (Å²) in [6, 6.07) is -0.400. The van der Waals surface area contributed by atoms with Crippen LogP contribution in [0.25, 0.3) is 0 Å². The quantitative estimate of drug-likeness (QED) is 0.683. The minimum absolute atomic E-state index is 0.0713. The SMILES string of the molecule is CC(C)CC(=O)C(NC(=O)CN)C(C)C. The summed E-state index contributed by atoms with van der Waals surface area (Å²) in [7, 11) is 0. The van der Waals surface area contributed by atoms with Crippen molar-refractivity contribution in [1.82, 2.24) is 5.32 Å². The van der Waals surface area contributed by atoms with Crippen LogP contribution in [-0.2, 0) is 9.59 Å². The molecular weight excluding hydrogens is 192 g/mol. The first-order valence-corrected chi connectivity index (χ1v) is 5.40. The van der Waals surface area contributed by atoms with Crippen LogP contribution < -0.4 is 11.1 Å². The highest BCUT2D eigenvalue weighted by molar-refractivity contribution is 5.89. The third-order valence-electron chi connectivity index (χ3n) is 2.12. The Kier molecular flexibility index (Phi) is 6.17. The number of Topliss-reactive ketones (excluding diaryl/α,β-unsaturated/α-hetero) is 1. The highest BCUT2D eigenvalue weighted by Gasteiger charge is 2.23. The summed E-state index contributed by atoms with van der Waals surface area (Å²) in [6.45, 7) is 7.73. The molecule has 1 unspecified atom stereocenters. The largest absolute Gasteiger partial charge is 0.345 e. The molecule has 3 N–H and O–H groups in total. The van der Waals surface area contributed by atoms with Crippen molar-refractivity contribution in [3.63, 3.8) is 0 Å². The average Bonchev–Trinajstić information content (AvgIpc) is 2.11. The van der Waals surface area contributed by atoms with Crippen LogP contribution in [0, 0.1) is 11.8 Å². The maximum absolute atomic E-state index is 11.8. The highest BCUT2D eigenvalue weighted by atomic mass is 16.2. The fourth-order valence-electron chi connectivity index (χ4n) is 1.38. The molecule has 0 radical (unpaired) electrons. The van der Waals surface area contributed by atoms with Crippen molar-refractivity contribution >= 4 is 11.7 Å². The fraction of sp³-hybridized carbons (Fsp3) is 0.818. The Morgan fingerprint density at radius 1 is 1.20 bits per heavy atom. The lowest BCUT2D eigenvalue weighted by molar-refractivity contribution is -0.128. The van der Waals surface area contributed by atoms with Crippen molar-refractivity contribution in [3.8, 4) is 0 Å². The van der Waals surface area contributed by atoms with Crippen molar-refractivity contribution in [1.29, 1.82) is 0 Å². The Bertz CT molecular complexity index is 225. The van der Waals surface area contributed by atoms with E-state index in [2.05, 4.69) is 5.32 Å². The van der Waals surface area contributed by atoms with Crippen LogP contribution in [0.1, 0.15) is 34.1 Å². The van der Waals surface area contributed by atoms with Gasteiger partial charge >= 0.3 is 0 Å². The second-order valence-electron chi connectivity index (χ2n) is 4.56. The smallest absolute Gasteiger partial charge is 0.234 e. The van der Waals surface area contributed by atoms with Gasteiger partial charge in [0.05, 0.1) is 12.6 Å². The molecule has 0 rings (SSSR count). The van der Waals surface area contributed by atoms with E-state index in [1.807, 2.05) is 27.7 Å². The minimum Gasteiger partial charge on any atom is -0.345 e. The Morgan fingerprint density at radius 2 is 1.73 bits per heavy atom. The van der Waals surface area contributed by atoms with Gasteiger partial charge in [-0.3, -0.25) is 9.59 Å². The molecule has 0 aliphatic carbocycles. The van der Waals surface area contributed by atoms with Gasteiger partial charge in [0.1, 0.15) is 0 Å². The van der Waals surface area contributed by atoms with E-state index in [0.29, 0.717) is 12.3 Å². The van der Waals surface area contributed by atoms with Gasteiger partial charge in [0.2, 0.25) is 5.91 Å². The molecule has 0 aliphatic heterocycles. The molecule has 0 saturated carbocycles. The van der Waals surface area contributed by atoms with Gasteiger partial charge in [-0.15, -0.1) is 0 Å². The van der Waals surface area contributed by atoms with Gasteiger partial charge in [-0.1, -0.05) is 27.7 Å². The summed E-state index contributed by atoms with van der Waals surface area (Å²) in [6.07, 6.45) is 0.494. The fourth-order valence-corrected chi connectivity index (χ4v) is 1.38. The molecule has 0 aromatic rings.